The summed E-state index contributed by atoms with van der Waals surface area (Å²) >= 11 is 16.5. The van der Waals surface area contributed by atoms with Gasteiger partial charge >= 0.3 is 6.18 Å². The molecular formula is C8H4Cl3F3. The third-order valence-corrected chi connectivity index (χ3v) is 2.75. The summed E-state index contributed by atoms with van der Waals surface area (Å²) < 4.78 is 37.2. The Morgan fingerprint density at radius 2 is 1.71 bits per heavy atom. The second-order valence-corrected chi connectivity index (χ2v) is 3.57. The van der Waals surface area contributed by atoms with Crippen molar-refractivity contribution in [1.82, 2.24) is 0 Å². The predicted octanol–water partition coefficient (Wildman–Crippen LogP) is 4.75. The van der Waals surface area contributed by atoms with E-state index < -0.39 is 11.7 Å². The lowest BCUT2D eigenvalue weighted by Gasteiger charge is -2.12. The molecule has 0 amide bonds. The van der Waals surface area contributed by atoms with Crippen LogP contribution in [-0.2, 0) is 12.1 Å². The number of alkyl halides is 4. The number of hydrogen-bond acceptors (Lipinski definition) is 0. The van der Waals surface area contributed by atoms with Gasteiger partial charge in [0.1, 0.15) is 0 Å². The van der Waals surface area contributed by atoms with Crippen molar-refractivity contribution in [2.75, 3.05) is 0 Å². The van der Waals surface area contributed by atoms with Crippen LogP contribution in [-0.4, -0.2) is 0 Å². The summed E-state index contributed by atoms with van der Waals surface area (Å²) in [6.45, 7) is 0. The van der Waals surface area contributed by atoms with Crippen LogP contribution >= 0.6 is 34.8 Å². The van der Waals surface area contributed by atoms with Crippen LogP contribution in [0.1, 0.15) is 11.1 Å². The molecule has 14 heavy (non-hydrogen) atoms. The molecule has 0 N–H and O–H groups in total. The molecule has 0 aromatic heterocycles. The van der Waals surface area contributed by atoms with E-state index in [1.165, 1.54) is 0 Å². The Labute approximate surface area is 93.6 Å². The lowest BCUT2D eigenvalue weighted by molar-refractivity contribution is -0.138. The molecule has 1 aromatic rings. The van der Waals surface area contributed by atoms with Crippen LogP contribution in [0.15, 0.2) is 12.1 Å². The fourth-order valence-corrected chi connectivity index (χ4v) is 1.74. The first-order valence-electron chi connectivity index (χ1n) is 3.48. The first-order chi connectivity index (χ1) is 6.38. The second-order valence-electron chi connectivity index (χ2n) is 2.52. The molecule has 1 rings (SSSR count). The van der Waals surface area contributed by atoms with E-state index in [1.54, 1.807) is 0 Å². The molecule has 0 unspecified atom stereocenters. The molecular weight excluding hydrogens is 259 g/mol. The fourth-order valence-electron chi connectivity index (χ4n) is 0.989. The molecule has 0 atom stereocenters. The summed E-state index contributed by atoms with van der Waals surface area (Å²) in [6, 6.07) is 1.97. The van der Waals surface area contributed by atoms with Gasteiger partial charge in [-0.3, -0.25) is 0 Å². The van der Waals surface area contributed by atoms with Gasteiger partial charge in [-0.05, 0) is 17.7 Å². The van der Waals surface area contributed by atoms with Crippen molar-refractivity contribution in [2.45, 2.75) is 12.1 Å². The SMILES string of the molecule is FC(F)(F)c1ccc(Cl)c(Cl)c1CCl. The zero-order chi connectivity index (χ0) is 10.9. The summed E-state index contributed by atoms with van der Waals surface area (Å²) in [5, 5.41) is -0.0770. The average Bonchev–Trinajstić information content (AvgIpc) is 2.07. The van der Waals surface area contributed by atoms with Gasteiger partial charge in [0.2, 0.25) is 0 Å². The summed E-state index contributed by atoms with van der Waals surface area (Å²) in [5.41, 5.74) is -1.03. The Morgan fingerprint density at radius 1 is 1.14 bits per heavy atom. The first kappa shape index (κ1) is 12.0. The normalized spacial score (nSPS) is 11.9. The van der Waals surface area contributed by atoms with Crippen molar-refractivity contribution in [3.8, 4) is 0 Å². The number of benzene rings is 1. The highest BCUT2D eigenvalue weighted by Crippen LogP contribution is 2.38. The Morgan fingerprint density at radius 3 is 2.14 bits per heavy atom. The summed E-state index contributed by atoms with van der Waals surface area (Å²) in [7, 11) is 0. The van der Waals surface area contributed by atoms with Gasteiger partial charge in [-0.2, -0.15) is 13.2 Å². The van der Waals surface area contributed by atoms with Gasteiger partial charge in [0.25, 0.3) is 0 Å². The Bertz CT molecular complexity index is 346. The van der Waals surface area contributed by atoms with Gasteiger partial charge in [-0.1, -0.05) is 23.2 Å². The molecule has 0 spiro atoms. The Balaban J connectivity index is 3.39. The molecule has 0 heterocycles. The highest BCUT2D eigenvalue weighted by atomic mass is 35.5. The van der Waals surface area contributed by atoms with E-state index in [0.29, 0.717) is 0 Å². The number of hydrogen-bond donors (Lipinski definition) is 0. The van der Waals surface area contributed by atoms with Crippen LogP contribution < -0.4 is 0 Å². The van der Waals surface area contributed by atoms with Gasteiger partial charge in [-0.25, -0.2) is 0 Å². The van der Waals surface area contributed by atoms with Crippen molar-refractivity contribution >= 4 is 34.8 Å². The molecule has 0 saturated heterocycles. The summed E-state index contributed by atoms with van der Waals surface area (Å²) in [4.78, 5) is 0. The second kappa shape index (κ2) is 4.17. The van der Waals surface area contributed by atoms with Crippen LogP contribution in [0.25, 0.3) is 0 Å². The third kappa shape index (κ3) is 2.27. The van der Waals surface area contributed by atoms with Crippen LogP contribution in [0, 0.1) is 0 Å². The molecule has 0 saturated carbocycles. The van der Waals surface area contributed by atoms with E-state index in [1.807, 2.05) is 0 Å². The molecule has 1 aromatic carbocycles. The monoisotopic (exact) mass is 262 g/mol. The maximum Gasteiger partial charge on any atom is 0.416 e. The third-order valence-electron chi connectivity index (χ3n) is 1.64. The number of halogens is 6. The van der Waals surface area contributed by atoms with E-state index >= 15 is 0 Å². The maximum absolute atomic E-state index is 12.4. The van der Waals surface area contributed by atoms with Crippen LogP contribution in [0.2, 0.25) is 10.0 Å². The van der Waals surface area contributed by atoms with Crippen molar-refractivity contribution in [2.24, 2.45) is 0 Å². The summed E-state index contributed by atoms with van der Waals surface area (Å²) in [6.07, 6.45) is -4.46. The topological polar surface area (TPSA) is 0 Å². The quantitative estimate of drug-likeness (QED) is 0.641. The zero-order valence-corrected chi connectivity index (χ0v) is 8.90. The molecule has 0 fully saturated rings. The Kier molecular flexibility index (Phi) is 3.56. The molecule has 0 aliphatic heterocycles. The maximum atomic E-state index is 12.4. The van der Waals surface area contributed by atoms with Crippen molar-refractivity contribution in [3.05, 3.63) is 33.3 Å². The van der Waals surface area contributed by atoms with Crippen molar-refractivity contribution in [1.29, 1.82) is 0 Å². The molecule has 0 radical (unpaired) electrons. The van der Waals surface area contributed by atoms with E-state index in [2.05, 4.69) is 0 Å². The predicted molar refractivity (Wildman–Crippen MR) is 51.0 cm³/mol. The number of rotatable bonds is 1. The Hall–Kier alpha value is -0.120. The minimum absolute atomic E-state index is 0.0651. The highest BCUT2D eigenvalue weighted by Gasteiger charge is 2.34. The standard InChI is InChI=1S/C8H4Cl3F3/c9-3-4-5(8(12,13)14)1-2-6(10)7(4)11/h1-2H,3H2. The van der Waals surface area contributed by atoms with Gasteiger partial charge < -0.3 is 0 Å². The first-order valence-corrected chi connectivity index (χ1v) is 4.77. The molecule has 0 aliphatic carbocycles. The molecule has 0 aliphatic rings. The minimum atomic E-state index is -4.46. The lowest BCUT2D eigenvalue weighted by atomic mass is 10.1. The molecule has 0 bridgehead atoms. The van der Waals surface area contributed by atoms with E-state index in [4.69, 9.17) is 34.8 Å². The van der Waals surface area contributed by atoms with Crippen molar-refractivity contribution < 1.29 is 13.2 Å². The van der Waals surface area contributed by atoms with Gasteiger partial charge in [0.15, 0.2) is 0 Å². The van der Waals surface area contributed by atoms with Crippen LogP contribution in [0.3, 0.4) is 0 Å². The van der Waals surface area contributed by atoms with Gasteiger partial charge in [0, 0.05) is 5.88 Å². The zero-order valence-electron chi connectivity index (χ0n) is 6.63. The smallest absolute Gasteiger partial charge is 0.166 e. The lowest BCUT2D eigenvalue weighted by Crippen LogP contribution is -2.08. The van der Waals surface area contributed by atoms with E-state index in [0.717, 1.165) is 12.1 Å². The van der Waals surface area contributed by atoms with Crippen LogP contribution in [0.5, 0.6) is 0 Å². The van der Waals surface area contributed by atoms with E-state index in [9.17, 15) is 13.2 Å². The summed E-state index contributed by atoms with van der Waals surface area (Å²) in [5.74, 6) is -0.325. The molecule has 0 nitrogen and oxygen atoms in total. The van der Waals surface area contributed by atoms with Crippen molar-refractivity contribution in [3.63, 3.8) is 0 Å². The molecule has 6 heteroatoms. The minimum Gasteiger partial charge on any atom is -0.166 e. The largest absolute Gasteiger partial charge is 0.416 e. The molecule has 78 valence electrons. The van der Waals surface area contributed by atoms with E-state index in [-0.39, 0.29) is 21.5 Å². The van der Waals surface area contributed by atoms with Gasteiger partial charge in [0.05, 0.1) is 15.6 Å². The fraction of sp³-hybridized carbons (Fsp3) is 0.250. The van der Waals surface area contributed by atoms with Gasteiger partial charge in [-0.15, -0.1) is 11.6 Å². The van der Waals surface area contributed by atoms with Crippen LogP contribution in [0.4, 0.5) is 13.2 Å². The average molecular weight is 263 g/mol. The highest BCUT2D eigenvalue weighted by molar-refractivity contribution is 6.42.